The van der Waals surface area contributed by atoms with Crippen molar-refractivity contribution >= 4 is 17.6 Å². The number of aliphatic imine (C=N–C) groups is 1. The maximum atomic E-state index is 6.05. The minimum absolute atomic E-state index is 0.0531. The van der Waals surface area contributed by atoms with Crippen LogP contribution in [-0.4, -0.2) is 72.8 Å². The first-order chi connectivity index (χ1) is 11.3. The number of hydrogen-bond donors (Lipinski definition) is 1. The molecule has 0 saturated carbocycles. The van der Waals surface area contributed by atoms with E-state index < -0.39 is 0 Å². The van der Waals surface area contributed by atoms with Crippen molar-refractivity contribution in [3.8, 4) is 0 Å². The lowest BCUT2D eigenvalue weighted by Gasteiger charge is -2.38. The Hall–Kier alpha value is -1.24. The normalized spacial score (nSPS) is 18.7. The van der Waals surface area contributed by atoms with Gasteiger partial charge in [0.2, 0.25) is 0 Å². The Morgan fingerprint density at radius 3 is 2.83 bits per heavy atom. The van der Waals surface area contributed by atoms with Crippen molar-refractivity contribution in [2.75, 3.05) is 46.9 Å². The quantitative estimate of drug-likeness (QED) is 0.646. The molecule has 1 aromatic heterocycles. The second-order valence-corrected chi connectivity index (χ2v) is 7.41. The largest absolute Gasteiger partial charge is 0.373 e. The van der Waals surface area contributed by atoms with Crippen molar-refractivity contribution in [2.45, 2.75) is 26.0 Å². The second kappa shape index (κ2) is 8.23. The van der Waals surface area contributed by atoms with Gasteiger partial charge in [-0.25, -0.2) is 0 Å². The first-order valence-corrected chi connectivity index (χ1v) is 8.77. The molecule has 1 aliphatic rings. The van der Waals surface area contributed by atoms with Crippen LogP contribution in [0.25, 0.3) is 0 Å². The van der Waals surface area contributed by atoms with Gasteiger partial charge in [-0.05, 0) is 19.9 Å². The van der Waals surface area contributed by atoms with Crippen LogP contribution < -0.4 is 5.32 Å². The van der Waals surface area contributed by atoms with Gasteiger partial charge in [-0.1, -0.05) is 11.6 Å². The molecular formula is C17H30ClN5O. The number of ether oxygens (including phenoxy) is 1. The monoisotopic (exact) mass is 355 g/mol. The molecule has 1 fully saturated rings. The molecule has 1 saturated heterocycles. The van der Waals surface area contributed by atoms with E-state index >= 15 is 0 Å². The van der Waals surface area contributed by atoms with Crippen molar-refractivity contribution in [3.63, 3.8) is 0 Å². The highest BCUT2D eigenvalue weighted by molar-refractivity contribution is 6.30. The molecule has 0 atom stereocenters. The summed E-state index contributed by atoms with van der Waals surface area (Å²) >= 11 is 6.05. The topological polar surface area (TPSA) is 45.0 Å². The summed E-state index contributed by atoms with van der Waals surface area (Å²) in [6.45, 7) is 9.64. The van der Waals surface area contributed by atoms with E-state index in [9.17, 15) is 0 Å². The molecule has 6 nitrogen and oxygen atoms in total. The van der Waals surface area contributed by atoms with Crippen LogP contribution in [0.1, 0.15) is 19.5 Å². The zero-order chi connectivity index (χ0) is 17.7. The van der Waals surface area contributed by atoms with Gasteiger partial charge in [-0.2, -0.15) is 0 Å². The second-order valence-electron chi connectivity index (χ2n) is 6.97. The molecule has 0 bridgehead atoms. The number of aryl methyl sites for hydroxylation is 1. The molecular weight excluding hydrogens is 326 g/mol. The average molecular weight is 356 g/mol. The molecule has 1 N–H and O–H groups in total. The fraction of sp³-hybridized carbons (Fsp3) is 0.706. The standard InChI is InChI=1S/C17H30ClN5O/c1-17(2)13-23(8-9-24-17)7-6-20-16(19-3)22(5)12-15-10-14(18)11-21(15)4/h10-11H,6-9,12-13H2,1-5H3,(H,19,20). The summed E-state index contributed by atoms with van der Waals surface area (Å²) in [5, 5.41) is 4.20. The van der Waals surface area contributed by atoms with Crippen LogP contribution in [0.3, 0.4) is 0 Å². The van der Waals surface area contributed by atoms with Gasteiger partial charge in [0, 0.05) is 59.2 Å². The molecule has 0 aromatic carbocycles. The molecule has 0 unspecified atom stereocenters. The maximum absolute atomic E-state index is 6.05. The molecule has 0 aliphatic carbocycles. The fourth-order valence-corrected chi connectivity index (χ4v) is 3.33. The van der Waals surface area contributed by atoms with E-state index in [0.717, 1.165) is 56.0 Å². The maximum Gasteiger partial charge on any atom is 0.193 e. The smallest absolute Gasteiger partial charge is 0.193 e. The number of guanidine groups is 1. The van der Waals surface area contributed by atoms with Crippen LogP contribution in [-0.2, 0) is 18.3 Å². The fourth-order valence-electron chi connectivity index (χ4n) is 3.06. The predicted octanol–water partition coefficient (Wildman–Crippen LogP) is 1.80. The van der Waals surface area contributed by atoms with Crippen molar-refractivity contribution in [1.29, 1.82) is 0 Å². The lowest BCUT2D eigenvalue weighted by Crippen LogP contribution is -2.50. The van der Waals surface area contributed by atoms with Crippen LogP contribution in [0.15, 0.2) is 17.3 Å². The van der Waals surface area contributed by atoms with E-state index in [4.69, 9.17) is 16.3 Å². The van der Waals surface area contributed by atoms with Crippen molar-refractivity contribution in [1.82, 2.24) is 19.7 Å². The number of halogens is 1. The van der Waals surface area contributed by atoms with E-state index in [-0.39, 0.29) is 5.60 Å². The van der Waals surface area contributed by atoms with Gasteiger partial charge in [0.1, 0.15) is 0 Å². The molecule has 136 valence electrons. The summed E-state index contributed by atoms with van der Waals surface area (Å²) in [6, 6.07) is 1.99. The Kier molecular flexibility index (Phi) is 6.54. The molecule has 0 amide bonds. The number of rotatable bonds is 5. The number of hydrogen-bond acceptors (Lipinski definition) is 3. The number of nitrogens with zero attached hydrogens (tertiary/aromatic N) is 4. The Balaban J connectivity index is 1.80. The number of aromatic nitrogens is 1. The van der Waals surface area contributed by atoms with Gasteiger partial charge < -0.3 is 19.5 Å². The summed E-state index contributed by atoms with van der Waals surface area (Å²) < 4.78 is 7.80. The zero-order valence-corrected chi connectivity index (χ0v) is 16.2. The minimum Gasteiger partial charge on any atom is -0.373 e. The van der Waals surface area contributed by atoms with Gasteiger partial charge in [0.25, 0.3) is 0 Å². The highest BCUT2D eigenvalue weighted by atomic mass is 35.5. The van der Waals surface area contributed by atoms with Gasteiger partial charge in [0.15, 0.2) is 5.96 Å². The van der Waals surface area contributed by atoms with Gasteiger partial charge in [-0.15, -0.1) is 0 Å². The molecule has 7 heteroatoms. The van der Waals surface area contributed by atoms with Crippen molar-refractivity contribution in [2.24, 2.45) is 12.0 Å². The van der Waals surface area contributed by atoms with E-state index in [1.54, 1.807) is 0 Å². The SMILES string of the molecule is CN=C(NCCN1CCOC(C)(C)C1)N(C)Cc1cc(Cl)cn1C. The van der Waals surface area contributed by atoms with Crippen molar-refractivity contribution in [3.05, 3.63) is 23.0 Å². The lowest BCUT2D eigenvalue weighted by molar-refractivity contribution is -0.0852. The Labute approximate surface area is 150 Å². The summed E-state index contributed by atoms with van der Waals surface area (Å²) in [5.41, 5.74) is 1.10. The molecule has 0 radical (unpaired) electrons. The van der Waals surface area contributed by atoms with Crippen molar-refractivity contribution < 1.29 is 4.74 Å². The third-order valence-corrected chi connectivity index (χ3v) is 4.47. The van der Waals surface area contributed by atoms with Crippen LogP contribution in [0.4, 0.5) is 0 Å². The molecule has 1 aromatic rings. The summed E-state index contributed by atoms with van der Waals surface area (Å²) in [4.78, 5) is 8.92. The van der Waals surface area contributed by atoms with Gasteiger partial charge in [0.05, 0.1) is 23.8 Å². The Bertz CT molecular complexity index is 569. The third-order valence-electron chi connectivity index (χ3n) is 4.26. The summed E-state index contributed by atoms with van der Waals surface area (Å²) in [6.07, 6.45) is 1.92. The van der Waals surface area contributed by atoms with Crippen LogP contribution in [0.2, 0.25) is 5.02 Å². The molecule has 1 aliphatic heterocycles. The predicted molar refractivity (Wildman–Crippen MR) is 99.7 cm³/mol. The van der Waals surface area contributed by atoms with E-state index in [0.29, 0.717) is 0 Å². The van der Waals surface area contributed by atoms with Gasteiger partial charge >= 0.3 is 0 Å². The highest BCUT2D eigenvalue weighted by Crippen LogP contribution is 2.16. The lowest BCUT2D eigenvalue weighted by atomic mass is 10.1. The van der Waals surface area contributed by atoms with Crippen LogP contribution in [0.5, 0.6) is 0 Å². The van der Waals surface area contributed by atoms with E-state index in [1.165, 1.54) is 0 Å². The van der Waals surface area contributed by atoms with E-state index in [1.807, 2.05) is 38.0 Å². The molecule has 2 rings (SSSR count). The summed E-state index contributed by atoms with van der Waals surface area (Å²) in [7, 11) is 5.86. The third kappa shape index (κ3) is 5.40. The first-order valence-electron chi connectivity index (χ1n) is 8.39. The number of nitrogens with one attached hydrogen (secondary N) is 1. The average Bonchev–Trinajstić information content (AvgIpc) is 2.80. The molecule has 24 heavy (non-hydrogen) atoms. The Morgan fingerprint density at radius 2 is 2.25 bits per heavy atom. The van der Waals surface area contributed by atoms with Crippen LogP contribution in [0, 0.1) is 0 Å². The Morgan fingerprint density at radius 1 is 1.50 bits per heavy atom. The number of morpholine rings is 1. The molecule has 0 spiro atoms. The van der Waals surface area contributed by atoms with Crippen LogP contribution >= 0.6 is 11.6 Å². The zero-order valence-electron chi connectivity index (χ0n) is 15.5. The minimum atomic E-state index is -0.0531. The van der Waals surface area contributed by atoms with Gasteiger partial charge in [-0.3, -0.25) is 9.89 Å². The summed E-state index contributed by atoms with van der Waals surface area (Å²) in [5.74, 6) is 0.889. The first kappa shape index (κ1) is 19.1. The highest BCUT2D eigenvalue weighted by Gasteiger charge is 2.26. The van der Waals surface area contributed by atoms with E-state index in [2.05, 4.69) is 34.0 Å². The molecule has 2 heterocycles.